The predicted octanol–water partition coefficient (Wildman–Crippen LogP) is -0.149. The van der Waals surface area contributed by atoms with Gasteiger partial charge in [0.1, 0.15) is 0 Å². The molecule has 1 aromatic carbocycles. The Morgan fingerprint density at radius 2 is 1.81 bits per heavy atom. The van der Waals surface area contributed by atoms with Crippen molar-refractivity contribution in [1.82, 2.24) is 15.4 Å². The van der Waals surface area contributed by atoms with Crippen LogP contribution in [0.5, 0.6) is 0 Å². The summed E-state index contributed by atoms with van der Waals surface area (Å²) in [4.78, 5) is 22.6. The van der Waals surface area contributed by atoms with Gasteiger partial charge in [0.05, 0.1) is 4.90 Å². The zero-order chi connectivity index (χ0) is 15.9. The first-order valence-electron chi connectivity index (χ1n) is 6.43. The highest BCUT2D eigenvalue weighted by Gasteiger charge is 2.13. The zero-order valence-corrected chi connectivity index (χ0v) is 12.8. The molecule has 0 atom stereocenters. The van der Waals surface area contributed by atoms with E-state index in [0.29, 0.717) is 19.5 Å². The van der Waals surface area contributed by atoms with Crippen molar-refractivity contribution in [2.24, 2.45) is 0 Å². The van der Waals surface area contributed by atoms with Crippen LogP contribution in [0.25, 0.3) is 0 Å². The van der Waals surface area contributed by atoms with Crippen molar-refractivity contribution in [3.63, 3.8) is 0 Å². The van der Waals surface area contributed by atoms with Gasteiger partial charge in [0.15, 0.2) is 0 Å². The molecule has 3 N–H and O–H groups in total. The van der Waals surface area contributed by atoms with Crippen molar-refractivity contribution in [2.75, 3.05) is 20.1 Å². The number of hydrogen-bond donors (Lipinski definition) is 3. The number of rotatable bonds is 7. The number of carbonyl (C=O) groups excluding carboxylic acids is 2. The summed E-state index contributed by atoms with van der Waals surface area (Å²) in [5.74, 6) is -0.475. The number of hydrogen-bond acceptors (Lipinski definition) is 4. The fourth-order valence-electron chi connectivity index (χ4n) is 1.58. The second-order valence-electron chi connectivity index (χ2n) is 4.33. The Balaban J connectivity index is 2.59. The second kappa shape index (κ2) is 7.75. The van der Waals surface area contributed by atoms with Gasteiger partial charge in [-0.05, 0) is 31.7 Å². The first-order valence-corrected chi connectivity index (χ1v) is 7.91. The van der Waals surface area contributed by atoms with E-state index in [4.69, 9.17) is 0 Å². The molecule has 1 aromatic rings. The molecule has 0 unspecified atom stereocenters. The molecule has 116 valence electrons. The standard InChI is InChI=1S/C13H19N3O4S/c1-10(17)15-7-4-8-16-13(18)11-5-3-6-12(9-11)21(19,20)14-2/h3,5-6,9,14H,4,7-8H2,1-2H3,(H,15,17)(H,16,18). The lowest BCUT2D eigenvalue weighted by Gasteiger charge is -2.07. The number of amides is 2. The highest BCUT2D eigenvalue weighted by atomic mass is 32.2. The Morgan fingerprint density at radius 3 is 2.43 bits per heavy atom. The third kappa shape index (κ3) is 5.52. The van der Waals surface area contributed by atoms with Crippen LogP contribution in [0.3, 0.4) is 0 Å². The highest BCUT2D eigenvalue weighted by molar-refractivity contribution is 7.89. The third-order valence-corrected chi connectivity index (χ3v) is 4.10. The van der Waals surface area contributed by atoms with Crippen LogP contribution in [-0.4, -0.2) is 40.4 Å². The van der Waals surface area contributed by atoms with Gasteiger partial charge in [-0.1, -0.05) is 6.07 Å². The van der Waals surface area contributed by atoms with E-state index in [2.05, 4.69) is 15.4 Å². The summed E-state index contributed by atoms with van der Waals surface area (Å²) >= 11 is 0. The largest absolute Gasteiger partial charge is 0.356 e. The topological polar surface area (TPSA) is 104 Å². The van der Waals surface area contributed by atoms with Gasteiger partial charge in [0, 0.05) is 25.6 Å². The van der Waals surface area contributed by atoms with Crippen LogP contribution in [0.2, 0.25) is 0 Å². The molecule has 1 rings (SSSR count). The summed E-state index contributed by atoms with van der Waals surface area (Å²) in [6.07, 6.45) is 0.597. The smallest absolute Gasteiger partial charge is 0.251 e. The fraction of sp³-hybridized carbons (Fsp3) is 0.385. The Kier molecular flexibility index (Phi) is 6.32. The van der Waals surface area contributed by atoms with E-state index in [1.54, 1.807) is 0 Å². The van der Waals surface area contributed by atoms with Crippen LogP contribution < -0.4 is 15.4 Å². The average molecular weight is 313 g/mol. The van der Waals surface area contributed by atoms with E-state index < -0.39 is 10.0 Å². The van der Waals surface area contributed by atoms with Crippen LogP contribution >= 0.6 is 0 Å². The molecular formula is C13H19N3O4S. The van der Waals surface area contributed by atoms with Crippen molar-refractivity contribution >= 4 is 21.8 Å². The predicted molar refractivity (Wildman–Crippen MR) is 78.3 cm³/mol. The molecule has 0 bridgehead atoms. The molecule has 0 saturated carbocycles. The molecule has 0 aliphatic rings. The third-order valence-electron chi connectivity index (χ3n) is 2.69. The molecule has 0 fully saturated rings. The van der Waals surface area contributed by atoms with Crippen LogP contribution in [0.4, 0.5) is 0 Å². The minimum atomic E-state index is -3.57. The van der Waals surface area contributed by atoms with Gasteiger partial charge in [0.2, 0.25) is 15.9 Å². The molecule has 0 aliphatic heterocycles. The van der Waals surface area contributed by atoms with Crippen molar-refractivity contribution in [3.8, 4) is 0 Å². The van der Waals surface area contributed by atoms with E-state index >= 15 is 0 Å². The Hall–Kier alpha value is -1.93. The number of carbonyl (C=O) groups is 2. The minimum absolute atomic E-state index is 0.0379. The van der Waals surface area contributed by atoms with Crippen LogP contribution in [-0.2, 0) is 14.8 Å². The quantitative estimate of drug-likeness (QED) is 0.609. The summed E-state index contributed by atoms with van der Waals surface area (Å²) in [5.41, 5.74) is 0.269. The number of benzene rings is 1. The van der Waals surface area contributed by atoms with Crippen molar-refractivity contribution in [2.45, 2.75) is 18.2 Å². The Morgan fingerprint density at radius 1 is 1.14 bits per heavy atom. The normalized spacial score (nSPS) is 11.0. The zero-order valence-electron chi connectivity index (χ0n) is 12.0. The van der Waals surface area contributed by atoms with Gasteiger partial charge < -0.3 is 10.6 Å². The van der Waals surface area contributed by atoms with Crippen LogP contribution in [0.1, 0.15) is 23.7 Å². The lowest BCUT2D eigenvalue weighted by molar-refractivity contribution is -0.118. The molecule has 8 heteroatoms. The summed E-state index contributed by atoms with van der Waals surface area (Å²) < 4.78 is 25.5. The Labute approximate surface area is 124 Å². The van der Waals surface area contributed by atoms with E-state index in [0.717, 1.165) is 0 Å². The van der Waals surface area contributed by atoms with E-state index in [1.807, 2.05) is 0 Å². The molecular weight excluding hydrogens is 294 g/mol. The highest BCUT2D eigenvalue weighted by Crippen LogP contribution is 2.10. The molecule has 0 saturated heterocycles. The SMILES string of the molecule is CNS(=O)(=O)c1cccc(C(=O)NCCCNC(C)=O)c1. The van der Waals surface area contributed by atoms with Crippen LogP contribution in [0.15, 0.2) is 29.2 Å². The van der Waals surface area contributed by atoms with Crippen LogP contribution in [0, 0.1) is 0 Å². The van der Waals surface area contributed by atoms with Crippen molar-refractivity contribution in [3.05, 3.63) is 29.8 Å². The molecule has 0 radical (unpaired) electrons. The first-order chi connectivity index (χ1) is 9.86. The lowest BCUT2D eigenvalue weighted by Crippen LogP contribution is -2.29. The maximum absolute atomic E-state index is 11.9. The summed E-state index contributed by atoms with van der Waals surface area (Å²) in [6, 6.07) is 5.78. The first kappa shape index (κ1) is 17.1. The molecule has 0 spiro atoms. The monoisotopic (exact) mass is 313 g/mol. The van der Waals surface area contributed by atoms with Gasteiger partial charge in [-0.3, -0.25) is 9.59 Å². The minimum Gasteiger partial charge on any atom is -0.356 e. The molecule has 0 aliphatic carbocycles. The maximum atomic E-state index is 11.9. The molecule has 7 nitrogen and oxygen atoms in total. The van der Waals surface area contributed by atoms with Gasteiger partial charge >= 0.3 is 0 Å². The maximum Gasteiger partial charge on any atom is 0.251 e. The van der Waals surface area contributed by atoms with Crippen molar-refractivity contribution in [1.29, 1.82) is 0 Å². The lowest BCUT2D eigenvalue weighted by atomic mass is 10.2. The molecule has 21 heavy (non-hydrogen) atoms. The molecule has 0 aromatic heterocycles. The number of sulfonamides is 1. The summed E-state index contributed by atoms with van der Waals surface area (Å²) in [7, 11) is -2.26. The van der Waals surface area contributed by atoms with Crippen molar-refractivity contribution < 1.29 is 18.0 Å². The molecule has 2 amide bonds. The summed E-state index contributed by atoms with van der Waals surface area (Å²) in [6.45, 7) is 2.29. The van der Waals surface area contributed by atoms with E-state index in [9.17, 15) is 18.0 Å². The van der Waals surface area contributed by atoms with E-state index in [1.165, 1.54) is 38.2 Å². The summed E-state index contributed by atoms with van der Waals surface area (Å²) in [5, 5.41) is 5.28. The molecule has 0 heterocycles. The average Bonchev–Trinajstić information content (AvgIpc) is 2.46. The van der Waals surface area contributed by atoms with Gasteiger partial charge in [-0.15, -0.1) is 0 Å². The fourth-order valence-corrected chi connectivity index (χ4v) is 2.35. The van der Waals surface area contributed by atoms with Gasteiger partial charge in [-0.2, -0.15) is 0 Å². The van der Waals surface area contributed by atoms with E-state index in [-0.39, 0.29) is 22.3 Å². The number of nitrogens with one attached hydrogen (secondary N) is 3. The van der Waals surface area contributed by atoms with Gasteiger partial charge in [0.25, 0.3) is 5.91 Å². The van der Waals surface area contributed by atoms with Gasteiger partial charge in [-0.25, -0.2) is 13.1 Å². The second-order valence-corrected chi connectivity index (χ2v) is 6.21. The Bertz CT molecular complexity index is 614.